The van der Waals surface area contributed by atoms with Crippen molar-refractivity contribution in [3.8, 4) is 0 Å². The highest BCUT2D eigenvalue weighted by atomic mass is 32.2. The van der Waals surface area contributed by atoms with E-state index in [4.69, 9.17) is 0 Å². The number of aromatic nitrogens is 3. The van der Waals surface area contributed by atoms with Crippen LogP contribution in [0.15, 0.2) is 22.2 Å². The van der Waals surface area contributed by atoms with Crippen LogP contribution in [0.25, 0.3) is 11.0 Å². The summed E-state index contributed by atoms with van der Waals surface area (Å²) >= 11 is 0. The Kier molecular flexibility index (Phi) is 2.73. The summed E-state index contributed by atoms with van der Waals surface area (Å²) in [6.45, 7) is 0. The summed E-state index contributed by atoms with van der Waals surface area (Å²) in [4.78, 5) is 21.1. The SMILES string of the molecule is O=c1cc2c3cnc(nc3n1C1CCCC1)S(=O)CC2. The summed E-state index contributed by atoms with van der Waals surface area (Å²) in [5.74, 6) is 0.496. The van der Waals surface area contributed by atoms with Crippen LogP contribution in [-0.4, -0.2) is 24.5 Å². The molecule has 4 heterocycles. The Balaban J connectivity index is 2.07. The van der Waals surface area contributed by atoms with Crippen molar-refractivity contribution in [2.75, 3.05) is 5.75 Å². The maximum atomic E-state index is 12.4. The molecule has 2 aromatic heterocycles. The Hall–Kier alpha value is -1.56. The van der Waals surface area contributed by atoms with Gasteiger partial charge in [0.15, 0.2) is 0 Å². The van der Waals surface area contributed by atoms with E-state index in [0.717, 1.165) is 36.6 Å². The van der Waals surface area contributed by atoms with Gasteiger partial charge in [0.05, 0.1) is 10.8 Å². The van der Waals surface area contributed by atoms with Gasteiger partial charge in [0.25, 0.3) is 5.56 Å². The molecule has 4 bridgehead atoms. The molecule has 2 aliphatic heterocycles. The molecule has 104 valence electrons. The van der Waals surface area contributed by atoms with E-state index in [1.807, 2.05) is 0 Å². The van der Waals surface area contributed by atoms with Crippen molar-refractivity contribution in [3.05, 3.63) is 28.2 Å². The predicted octanol–water partition coefficient (Wildman–Crippen LogP) is 1.57. The summed E-state index contributed by atoms with van der Waals surface area (Å²) in [5, 5.41) is 1.30. The van der Waals surface area contributed by atoms with E-state index >= 15 is 0 Å². The zero-order chi connectivity index (χ0) is 13.7. The van der Waals surface area contributed by atoms with E-state index in [1.54, 1.807) is 16.8 Å². The van der Waals surface area contributed by atoms with Crippen LogP contribution in [0.4, 0.5) is 0 Å². The molecule has 0 spiro atoms. The molecule has 0 radical (unpaired) electrons. The highest BCUT2D eigenvalue weighted by Crippen LogP contribution is 2.31. The van der Waals surface area contributed by atoms with Crippen LogP contribution in [0.5, 0.6) is 0 Å². The second-order valence-corrected chi connectivity index (χ2v) is 6.97. The molecule has 0 N–H and O–H groups in total. The average molecular weight is 289 g/mol. The largest absolute Gasteiger partial charge is 0.289 e. The van der Waals surface area contributed by atoms with Gasteiger partial charge in [-0.2, -0.15) is 0 Å². The van der Waals surface area contributed by atoms with Crippen molar-refractivity contribution in [1.82, 2.24) is 14.5 Å². The van der Waals surface area contributed by atoms with E-state index in [0.29, 0.717) is 23.0 Å². The molecular weight excluding hydrogens is 274 g/mol. The van der Waals surface area contributed by atoms with Gasteiger partial charge in [-0.1, -0.05) is 12.8 Å². The third-order valence-electron chi connectivity index (χ3n) is 4.31. The van der Waals surface area contributed by atoms with Gasteiger partial charge in [0.2, 0.25) is 5.16 Å². The fraction of sp³-hybridized carbons (Fsp3) is 0.500. The summed E-state index contributed by atoms with van der Waals surface area (Å²) in [6, 6.07) is 1.92. The lowest BCUT2D eigenvalue weighted by atomic mass is 10.1. The summed E-state index contributed by atoms with van der Waals surface area (Å²) in [7, 11) is -1.17. The number of fused-ring (bicyclic) bond motifs is 3. The maximum absolute atomic E-state index is 12.4. The Bertz CT molecular complexity index is 778. The Morgan fingerprint density at radius 2 is 2.10 bits per heavy atom. The molecule has 0 aromatic carbocycles. The zero-order valence-electron chi connectivity index (χ0n) is 11.0. The van der Waals surface area contributed by atoms with Crippen LogP contribution in [0, 0.1) is 0 Å². The van der Waals surface area contributed by atoms with E-state index in [2.05, 4.69) is 9.97 Å². The van der Waals surface area contributed by atoms with Crippen LogP contribution in [0.2, 0.25) is 0 Å². The molecule has 1 atom stereocenters. The molecule has 6 heteroatoms. The van der Waals surface area contributed by atoms with Crippen LogP contribution >= 0.6 is 0 Å². The van der Waals surface area contributed by atoms with Gasteiger partial charge in [0.1, 0.15) is 5.65 Å². The van der Waals surface area contributed by atoms with Crippen molar-refractivity contribution in [2.45, 2.75) is 43.3 Å². The van der Waals surface area contributed by atoms with Crippen LogP contribution in [0.3, 0.4) is 0 Å². The average Bonchev–Trinajstić information content (AvgIpc) is 2.96. The summed E-state index contributed by atoms with van der Waals surface area (Å²) in [6.07, 6.45) is 6.75. The van der Waals surface area contributed by atoms with E-state index in [-0.39, 0.29) is 11.6 Å². The lowest BCUT2D eigenvalue weighted by molar-refractivity contribution is 0.513. The molecule has 1 aliphatic carbocycles. The number of hydrogen-bond donors (Lipinski definition) is 0. The first-order valence-corrected chi connectivity index (χ1v) is 8.35. The number of hydrogen-bond acceptors (Lipinski definition) is 4. The lowest BCUT2D eigenvalue weighted by Gasteiger charge is -2.19. The first kappa shape index (κ1) is 12.2. The fourth-order valence-corrected chi connectivity index (χ4v) is 4.24. The predicted molar refractivity (Wildman–Crippen MR) is 76.3 cm³/mol. The minimum Gasteiger partial charge on any atom is -0.289 e. The number of nitrogens with zero attached hydrogens (tertiary/aromatic N) is 3. The van der Waals surface area contributed by atoms with E-state index in [1.165, 1.54) is 0 Å². The van der Waals surface area contributed by atoms with Gasteiger partial charge in [-0.05, 0) is 24.8 Å². The van der Waals surface area contributed by atoms with E-state index in [9.17, 15) is 9.00 Å². The third-order valence-corrected chi connectivity index (χ3v) is 5.48. The summed E-state index contributed by atoms with van der Waals surface area (Å²) < 4.78 is 13.9. The summed E-state index contributed by atoms with van der Waals surface area (Å²) in [5.41, 5.74) is 1.63. The molecule has 2 aromatic rings. The van der Waals surface area contributed by atoms with Crippen molar-refractivity contribution in [1.29, 1.82) is 0 Å². The number of aryl methyl sites for hydroxylation is 1. The quantitative estimate of drug-likeness (QED) is 0.748. The van der Waals surface area contributed by atoms with Gasteiger partial charge >= 0.3 is 0 Å². The topological polar surface area (TPSA) is 64.8 Å². The van der Waals surface area contributed by atoms with Crippen molar-refractivity contribution in [2.24, 2.45) is 0 Å². The molecule has 5 rings (SSSR count). The highest BCUT2D eigenvalue weighted by molar-refractivity contribution is 7.84. The van der Waals surface area contributed by atoms with Gasteiger partial charge in [-0.25, -0.2) is 9.97 Å². The molecule has 0 saturated heterocycles. The smallest absolute Gasteiger partial charge is 0.252 e. The second kappa shape index (κ2) is 4.48. The monoisotopic (exact) mass is 289 g/mol. The van der Waals surface area contributed by atoms with Crippen LogP contribution in [0.1, 0.15) is 37.3 Å². The Labute approximate surface area is 118 Å². The van der Waals surface area contributed by atoms with Crippen molar-refractivity contribution in [3.63, 3.8) is 0 Å². The second-order valence-electron chi connectivity index (χ2n) is 5.51. The lowest BCUT2D eigenvalue weighted by Crippen LogP contribution is -2.26. The molecular formula is C14H15N3O2S. The molecule has 5 nitrogen and oxygen atoms in total. The Morgan fingerprint density at radius 1 is 1.30 bits per heavy atom. The van der Waals surface area contributed by atoms with E-state index < -0.39 is 10.8 Å². The first-order valence-electron chi connectivity index (χ1n) is 7.03. The molecule has 3 aliphatic rings. The Morgan fingerprint density at radius 3 is 2.90 bits per heavy atom. The van der Waals surface area contributed by atoms with Gasteiger partial charge < -0.3 is 0 Å². The number of pyridine rings is 1. The number of rotatable bonds is 1. The maximum Gasteiger partial charge on any atom is 0.252 e. The standard InChI is InChI=1S/C14H15N3O2S/c18-12-7-9-5-6-20(19)14-15-8-11(9)13(16-14)17(12)10-3-1-2-4-10/h7-8,10H,1-6H2. The van der Waals surface area contributed by atoms with Gasteiger partial charge in [0, 0.05) is 29.4 Å². The van der Waals surface area contributed by atoms with Crippen LogP contribution < -0.4 is 5.56 Å². The molecule has 20 heavy (non-hydrogen) atoms. The molecule has 1 fully saturated rings. The van der Waals surface area contributed by atoms with Gasteiger partial charge in [-0.15, -0.1) is 0 Å². The van der Waals surface area contributed by atoms with Crippen LogP contribution in [-0.2, 0) is 17.2 Å². The van der Waals surface area contributed by atoms with Crippen molar-refractivity contribution < 1.29 is 4.21 Å². The third kappa shape index (κ3) is 1.74. The first-order chi connectivity index (χ1) is 9.74. The van der Waals surface area contributed by atoms with Crippen molar-refractivity contribution >= 4 is 21.8 Å². The molecule has 0 amide bonds. The normalized spacial score (nSPS) is 22.5. The molecule has 1 unspecified atom stereocenters. The van der Waals surface area contributed by atoms with Gasteiger partial charge in [-0.3, -0.25) is 13.6 Å². The minimum atomic E-state index is -1.17. The zero-order valence-corrected chi connectivity index (χ0v) is 11.9. The fourth-order valence-electron chi connectivity index (χ4n) is 3.29. The minimum absolute atomic E-state index is 0.0248. The molecule has 1 saturated carbocycles. The highest BCUT2D eigenvalue weighted by Gasteiger charge is 2.24.